The average Bonchev–Trinajstić information content (AvgIpc) is 2.44. The first kappa shape index (κ1) is 16.3. The Bertz CT molecular complexity index is 458. The molecule has 0 spiro atoms. The first-order valence-corrected chi connectivity index (χ1v) is 8.67. The predicted molar refractivity (Wildman–Crippen MR) is 86.8 cm³/mol. The highest BCUT2D eigenvalue weighted by Crippen LogP contribution is 2.26. The highest BCUT2D eigenvalue weighted by atomic mass is 32.2. The minimum atomic E-state index is -0.734. The average molecular weight is 308 g/mol. The lowest BCUT2D eigenvalue weighted by atomic mass is 9.85. The van der Waals surface area contributed by atoms with Gasteiger partial charge in [0.15, 0.2) is 0 Å². The zero-order valence-electron chi connectivity index (χ0n) is 12.7. The second-order valence-electron chi connectivity index (χ2n) is 5.51. The fourth-order valence-corrected chi connectivity index (χ4v) is 3.14. The van der Waals surface area contributed by atoms with Crippen LogP contribution in [0.4, 0.5) is 0 Å². The van der Waals surface area contributed by atoms with E-state index in [0.29, 0.717) is 12.1 Å². The van der Waals surface area contributed by atoms with Crippen LogP contribution in [0.1, 0.15) is 25.3 Å². The van der Waals surface area contributed by atoms with Crippen molar-refractivity contribution >= 4 is 17.7 Å². The molecule has 4 nitrogen and oxygen atoms in total. The molecule has 0 aliphatic heterocycles. The maximum atomic E-state index is 10.8. The van der Waals surface area contributed by atoms with Crippen molar-refractivity contribution in [3.8, 4) is 0 Å². The van der Waals surface area contributed by atoms with Crippen LogP contribution in [0.3, 0.4) is 0 Å². The first-order valence-electron chi connectivity index (χ1n) is 7.44. The summed E-state index contributed by atoms with van der Waals surface area (Å²) in [5.74, 6) is -0.734. The van der Waals surface area contributed by atoms with Crippen molar-refractivity contribution in [3.05, 3.63) is 29.8 Å². The molecule has 0 atom stereocenters. The number of benzene rings is 1. The molecule has 1 fully saturated rings. The van der Waals surface area contributed by atoms with Crippen LogP contribution in [0.25, 0.3) is 0 Å². The molecular formula is C16H24N2O2S. The van der Waals surface area contributed by atoms with E-state index < -0.39 is 5.97 Å². The Kier molecular flexibility index (Phi) is 6.08. The van der Waals surface area contributed by atoms with E-state index in [1.54, 1.807) is 11.8 Å². The summed E-state index contributed by atoms with van der Waals surface area (Å²) in [7, 11) is 0. The van der Waals surface area contributed by atoms with E-state index in [0.717, 1.165) is 25.9 Å². The van der Waals surface area contributed by atoms with E-state index in [2.05, 4.69) is 35.8 Å². The molecular weight excluding hydrogens is 284 g/mol. The molecule has 21 heavy (non-hydrogen) atoms. The summed E-state index contributed by atoms with van der Waals surface area (Å²) in [6.45, 7) is 3.87. The van der Waals surface area contributed by atoms with Crippen LogP contribution in [0.5, 0.6) is 0 Å². The standard InChI is InChI=1S/C16H24N2O2S/c1-3-18(11-16(19)20)14-8-13(9-14)17-10-12-4-6-15(21-2)7-5-12/h4-7,13-14,17H,3,8-11H2,1-2H3,(H,19,20). The number of aliphatic carboxylic acids is 1. The summed E-state index contributed by atoms with van der Waals surface area (Å²) in [5, 5.41) is 12.4. The van der Waals surface area contributed by atoms with Crippen LogP contribution >= 0.6 is 11.8 Å². The fraction of sp³-hybridized carbons (Fsp3) is 0.562. The fourth-order valence-electron chi connectivity index (χ4n) is 2.73. The van der Waals surface area contributed by atoms with Crippen LogP contribution in [0, 0.1) is 0 Å². The van der Waals surface area contributed by atoms with Crippen LogP contribution in [-0.4, -0.2) is 47.4 Å². The number of likely N-dealkylation sites (N-methyl/N-ethyl adjacent to an activating group) is 1. The number of rotatable bonds is 8. The van der Waals surface area contributed by atoms with Crippen molar-refractivity contribution in [1.29, 1.82) is 0 Å². The largest absolute Gasteiger partial charge is 0.480 e. The lowest BCUT2D eigenvalue weighted by Gasteiger charge is -2.42. The summed E-state index contributed by atoms with van der Waals surface area (Å²) in [6.07, 6.45) is 4.17. The van der Waals surface area contributed by atoms with Gasteiger partial charge in [-0.25, -0.2) is 0 Å². The SMILES string of the molecule is CCN(CC(=O)O)C1CC(NCc2ccc(SC)cc2)C1. The summed E-state index contributed by atoms with van der Waals surface area (Å²) in [5.41, 5.74) is 1.30. The Morgan fingerprint density at radius 2 is 2.05 bits per heavy atom. The van der Waals surface area contributed by atoms with Gasteiger partial charge in [0, 0.05) is 23.5 Å². The van der Waals surface area contributed by atoms with Gasteiger partial charge in [0.2, 0.25) is 0 Å². The quantitative estimate of drug-likeness (QED) is 0.723. The zero-order chi connectivity index (χ0) is 15.2. The topological polar surface area (TPSA) is 52.6 Å². The van der Waals surface area contributed by atoms with Crippen molar-refractivity contribution < 1.29 is 9.90 Å². The summed E-state index contributed by atoms with van der Waals surface area (Å²) in [4.78, 5) is 14.1. The van der Waals surface area contributed by atoms with E-state index in [1.807, 2.05) is 11.8 Å². The first-order chi connectivity index (χ1) is 10.1. The summed E-state index contributed by atoms with van der Waals surface area (Å²) >= 11 is 1.75. The lowest BCUT2D eigenvalue weighted by molar-refractivity contribution is -0.139. The number of carboxylic acids is 1. The number of carbonyl (C=O) groups is 1. The highest BCUT2D eigenvalue weighted by Gasteiger charge is 2.33. The van der Waals surface area contributed by atoms with Gasteiger partial charge >= 0.3 is 5.97 Å². The normalized spacial score (nSPS) is 21.3. The molecule has 1 aliphatic rings. The molecule has 116 valence electrons. The van der Waals surface area contributed by atoms with Crippen molar-refractivity contribution in [1.82, 2.24) is 10.2 Å². The van der Waals surface area contributed by atoms with E-state index in [1.165, 1.54) is 10.5 Å². The van der Waals surface area contributed by atoms with E-state index >= 15 is 0 Å². The number of carboxylic acid groups (broad SMARTS) is 1. The summed E-state index contributed by atoms with van der Waals surface area (Å²) < 4.78 is 0. The van der Waals surface area contributed by atoms with E-state index in [4.69, 9.17) is 5.11 Å². The second kappa shape index (κ2) is 7.82. The smallest absolute Gasteiger partial charge is 0.317 e. The molecule has 2 rings (SSSR count). The van der Waals surface area contributed by atoms with Crippen LogP contribution in [-0.2, 0) is 11.3 Å². The monoisotopic (exact) mass is 308 g/mol. The second-order valence-corrected chi connectivity index (χ2v) is 6.39. The summed E-state index contributed by atoms with van der Waals surface area (Å²) in [6, 6.07) is 9.56. The molecule has 0 bridgehead atoms. The third-order valence-electron chi connectivity index (χ3n) is 4.13. The third kappa shape index (κ3) is 4.73. The minimum Gasteiger partial charge on any atom is -0.480 e. The maximum absolute atomic E-state index is 10.8. The molecule has 0 amide bonds. The number of hydrogen-bond donors (Lipinski definition) is 2. The van der Waals surface area contributed by atoms with Crippen molar-refractivity contribution in [2.75, 3.05) is 19.3 Å². The molecule has 1 saturated carbocycles. The molecule has 0 saturated heterocycles. The van der Waals surface area contributed by atoms with Gasteiger partial charge in [0.05, 0.1) is 6.54 Å². The van der Waals surface area contributed by atoms with E-state index in [-0.39, 0.29) is 6.54 Å². The predicted octanol–water partition coefficient (Wildman–Crippen LogP) is 2.44. The number of hydrogen-bond acceptors (Lipinski definition) is 4. The van der Waals surface area contributed by atoms with Gasteiger partial charge in [0.25, 0.3) is 0 Å². The number of thioether (sulfide) groups is 1. The molecule has 5 heteroatoms. The zero-order valence-corrected chi connectivity index (χ0v) is 13.5. The highest BCUT2D eigenvalue weighted by molar-refractivity contribution is 7.98. The van der Waals surface area contributed by atoms with Crippen molar-refractivity contribution in [3.63, 3.8) is 0 Å². The molecule has 1 aromatic carbocycles. The van der Waals surface area contributed by atoms with Gasteiger partial charge < -0.3 is 10.4 Å². The Balaban J connectivity index is 1.71. The Hall–Kier alpha value is -1.04. The Labute approximate surface area is 130 Å². The van der Waals surface area contributed by atoms with Crippen LogP contribution < -0.4 is 5.32 Å². The number of nitrogens with zero attached hydrogens (tertiary/aromatic N) is 1. The van der Waals surface area contributed by atoms with Gasteiger partial charge in [-0.15, -0.1) is 11.8 Å². The molecule has 0 aromatic heterocycles. The molecule has 1 aromatic rings. The Morgan fingerprint density at radius 1 is 1.38 bits per heavy atom. The van der Waals surface area contributed by atoms with Crippen molar-refractivity contribution in [2.45, 2.75) is 43.3 Å². The minimum absolute atomic E-state index is 0.157. The van der Waals surface area contributed by atoms with Gasteiger partial charge in [-0.05, 0) is 43.3 Å². The van der Waals surface area contributed by atoms with E-state index in [9.17, 15) is 4.79 Å². The molecule has 1 aliphatic carbocycles. The van der Waals surface area contributed by atoms with Gasteiger partial charge in [-0.3, -0.25) is 9.69 Å². The van der Waals surface area contributed by atoms with Gasteiger partial charge in [-0.1, -0.05) is 19.1 Å². The number of nitrogens with one attached hydrogen (secondary N) is 1. The molecule has 0 unspecified atom stereocenters. The van der Waals surface area contributed by atoms with Crippen LogP contribution in [0.2, 0.25) is 0 Å². The van der Waals surface area contributed by atoms with Gasteiger partial charge in [-0.2, -0.15) is 0 Å². The molecule has 2 N–H and O–H groups in total. The van der Waals surface area contributed by atoms with Crippen molar-refractivity contribution in [2.24, 2.45) is 0 Å². The van der Waals surface area contributed by atoms with Crippen LogP contribution in [0.15, 0.2) is 29.2 Å². The molecule has 0 heterocycles. The van der Waals surface area contributed by atoms with Gasteiger partial charge in [0.1, 0.15) is 0 Å². The third-order valence-corrected chi connectivity index (χ3v) is 4.87. The maximum Gasteiger partial charge on any atom is 0.317 e. The Morgan fingerprint density at radius 3 is 2.57 bits per heavy atom. The molecule has 0 radical (unpaired) electrons. The lowest BCUT2D eigenvalue weighted by Crippen LogP contribution is -2.53.